The third-order valence-electron chi connectivity index (χ3n) is 7.05. The van der Waals surface area contributed by atoms with E-state index in [0.29, 0.717) is 50.3 Å². The summed E-state index contributed by atoms with van der Waals surface area (Å²) in [5.74, 6) is 1.03. The zero-order chi connectivity index (χ0) is 24.4. The lowest BCUT2D eigenvalue weighted by atomic mass is 10.0. The molecule has 3 heterocycles. The van der Waals surface area contributed by atoms with E-state index in [0.717, 1.165) is 36.5 Å². The summed E-state index contributed by atoms with van der Waals surface area (Å²) in [5.41, 5.74) is 4.52. The molecule has 1 atom stereocenters. The Morgan fingerprint density at radius 1 is 1.03 bits per heavy atom. The number of aliphatic hydroxyl groups excluding tert-OH is 1. The molecule has 0 saturated carbocycles. The Balaban J connectivity index is 1.62. The maximum Gasteiger partial charge on any atom is 0.259 e. The summed E-state index contributed by atoms with van der Waals surface area (Å²) in [7, 11) is 3.18. The standard InChI is InChI=1S/C26H35N3O5/c1-17-13-22(33-3)18(2)12-19(17)15-27-9-7-21-25(26(32)28-8-5-6-20(30)16-28)23(34-4)14-24(31)29(21)11-10-27/h12-14,20,30H,5-11,15-16H2,1-4H3/t20-/m0/s1. The zero-order valence-electron chi connectivity index (χ0n) is 20.6. The summed E-state index contributed by atoms with van der Waals surface area (Å²) in [5, 5.41) is 10.1. The highest BCUT2D eigenvalue weighted by Gasteiger charge is 2.30. The third-order valence-corrected chi connectivity index (χ3v) is 7.05. The topological polar surface area (TPSA) is 84.2 Å². The molecule has 1 aromatic carbocycles. The highest BCUT2D eigenvalue weighted by atomic mass is 16.5. The van der Waals surface area contributed by atoms with Gasteiger partial charge in [0, 0.05) is 57.4 Å². The molecule has 2 aliphatic heterocycles. The van der Waals surface area contributed by atoms with Crippen LogP contribution in [0, 0.1) is 13.8 Å². The van der Waals surface area contributed by atoms with Crippen LogP contribution in [0.15, 0.2) is 23.0 Å². The number of amides is 1. The van der Waals surface area contributed by atoms with Crippen LogP contribution in [-0.2, 0) is 19.5 Å². The van der Waals surface area contributed by atoms with Crippen molar-refractivity contribution in [3.8, 4) is 11.5 Å². The summed E-state index contributed by atoms with van der Waals surface area (Å²) >= 11 is 0. The van der Waals surface area contributed by atoms with E-state index in [2.05, 4.69) is 24.0 Å². The highest BCUT2D eigenvalue weighted by molar-refractivity contribution is 5.98. The van der Waals surface area contributed by atoms with Crippen LogP contribution in [0.1, 0.15) is 45.6 Å². The van der Waals surface area contributed by atoms with Crippen LogP contribution < -0.4 is 15.0 Å². The number of hydrogen-bond donors (Lipinski definition) is 1. The van der Waals surface area contributed by atoms with Crippen LogP contribution in [0.2, 0.25) is 0 Å². The van der Waals surface area contributed by atoms with Gasteiger partial charge in [0.25, 0.3) is 11.5 Å². The van der Waals surface area contributed by atoms with Gasteiger partial charge in [0.1, 0.15) is 17.1 Å². The number of nitrogens with zero attached hydrogens (tertiary/aromatic N) is 3. The minimum atomic E-state index is -0.514. The predicted octanol–water partition coefficient (Wildman–Crippen LogP) is 2.14. The fourth-order valence-electron chi connectivity index (χ4n) is 5.12. The highest BCUT2D eigenvalue weighted by Crippen LogP contribution is 2.27. The number of aromatic nitrogens is 1. The first-order chi connectivity index (χ1) is 16.3. The number of likely N-dealkylation sites (tertiary alicyclic amines) is 1. The SMILES string of the molecule is COc1cc(C)c(CN2CCc3c(C(=O)N4CCC[C@H](O)C4)c(OC)cc(=O)n3CC2)cc1C. The Morgan fingerprint density at radius 2 is 1.79 bits per heavy atom. The smallest absolute Gasteiger partial charge is 0.259 e. The quantitative estimate of drug-likeness (QED) is 0.722. The normalized spacial score (nSPS) is 18.9. The van der Waals surface area contributed by atoms with E-state index < -0.39 is 6.10 Å². The largest absolute Gasteiger partial charge is 0.496 e. The maximum atomic E-state index is 13.5. The van der Waals surface area contributed by atoms with Gasteiger partial charge in [-0.05, 0) is 49.4 Å². The van der Waals surface area contributed by atoms with Gasteiger partial charge in [-0.1, -0.05) is 6.07 Å². The number of rotatable bonds is 5. The number of carbonyl (C=O) groups is 1. The number of fused-ring (bicyclic) bond motifs is 1. The number of benzene rings is 1. The van der Waals surface area contributed by atoms with Crippen LogP contribution in [-0.4, -0.2) is 71.9 Å². The van der Waals surface area contributed by atoms with Crippen molar-refractivity contribution >= 4 is 5.91 Å². The van der Waals surface area contributed by atoms with E-state index in [9.17, 15) is 14.7 Å². The Hall–Kier alpha value is -2.84. The van der Waals surface area contributed by atoms with Gasteiger partial charge in [-0.2, -0.15) is 0 Å². The molecule has 1 saturated heterocycles. The van der Waals surface area contributed by atoms with Crippen molar-refractivity contribution in [1.29, 1.82) is 0 Å². The van der Waals surface area contributed by atoms with Crippen molar-refractivity contribution in [2.75, 3.05) is 40.4 Å². The van der Waals surface area contributed by atoms with E-state index in [-0.39, 0.29) is 11.5 Å². The second-order valence-corrected chi connectivity index (χ2v) is 9.35. The molecule has 34 heavy (non-hydrogen) atoms. The van der Waals surface area contributed by atoms with Crippen molar-refractivity contribution in [2.24, 2.45) is 0 Å². The van der Waals surface area contributed by atoms with Crippen LogP contribution in [0.25, 0.3) is 0 Å². The van der Waals surface area contributed by atoms with Gasteiger partial charge >= 0.3 is 0 Å². The fraction of sp³-hybridized carbons (Fsp3) is 0.538. The Bertz CT molecular complexity index is 1130. The van der Waals surface area contributed by atoms with Crippen molar-refractivity contribution < 1.29 is 19.4 Å². The summed E-state index contributed by atoms with van der Waals surface area (Å²) in [6.45, 7) is 7.74. The molecule has 1 N–H and O–H groups in total. The molecule has 1 fully saturated rings. The molecule has 0 aliphatic carbocycles. The van der Waals surface area contributed by atoms with Gasteiger partial charge in [0.05, 0.1) is 20.3 Å². The predicted molar refractivity (Wildman–Crippen MR) is 130 cm³/mol. The van der Waals surface area contributed by atoms with E-state index in [1.54, 1.807) is 16.6 Å². The fourth-order valence-corrected chi connectivity index (χ4v) is 5.12. The average Bonchev–Trinajstić information content (AvgIpc) is 3.03. The summed E-state index contributed by atoms with van der Waals surface area (Å²) < 4.78 is 12.7. The first-order valence-electron chi connectivity index (χ1n) is 12.0. The molecule has 8 nitrogen and oxygen atoms in total. The maximum absolute atomic E-state index is 13.5. The minimum absolute atomic E-state index is 0.152. The molecule has 1 aromatic heterocycles. The van der Waals surface area contributed by atoms with Crippen molar-refractivity contribution in [3.63, 3.8) is 0 Å². The van der Waals surface area contributed by atoms with Crippen LogP contribution in [0.3, 0.4) is 0 Å². The van der Waals surface area contributed by atoms with Crippen LogP contribution in [0.4, 0.5) is 0 Å². The number of hydrogen-bond acceptors (Lipinski definition) is 6. The van der Waals surface area contributed by atoms with Crippen molar-refractivity contribution in [2.45, 2.75) is 52.3 Å². The number of carbonyl (C=O) groups excluding carboxylic acids is 1. The number of β-amino-alcohol motifs (C(OH)–C–C–N with tert-alkyl or cyclic N) is 1. The molecule has 184 valence electrons. The van der Waals surface area contributed by atoms with E-state index in [1.807, 2.05) is 6.92 Å². The van der Waals surface area contributed by atoms with E-state index in [4.69, 9.17) is 9.47 Å². The molecule has 8 heteroatoms. The number of pyridine rings is 1. The zero-order valence-corrected chi connectivity index (χ0v) is 20.6. The number of piperidine rings is 1. The van der Waals surface area contributed by atoms with Gasteiger partial charge in [-0.15, -0.1) is 0 Å². The molecule has 1 amide bonds. The number of ether oxygens (including phenoxy) is 2. The first kappa shape index (κ1) is 24.3. The monoisotopic (exact) mass is 469 g/mol. The first-order valence-corrected chi connectivity index (χ1v) is 12.0. The summed E-state index contributed by atoms with van der Waals surface area (Å²) in [4.78, 5) is 30.5. The number of aliphatic hydroxyl groups is 1. The van der Waals surface area contributed by atoms with E-state index >= 15 is 0 Å². The van der Waals surface area contributed by atoms with Crippen LogP contribution in [0.5, 0.6) is 11.5 Å². The molecule has 2 aliphatic rings. The van der Waals surface area contributed by atoms with Gasteiger partial charge in [-0.25, -0.2) is 0 Å². The number of methoxy groups -OCH3 is 2. The molecule has 2 aromatic rings. The van der Waals surface area contributed by atoms with E-state index in [1.165, 1.54) is 24.3 Å². The van der Waals surface area contributed by atoms with Gasteiger partial charge < -0.3 is 24.0 Å². The van der Waals surface area contributed by atoms with Crippen molar-refractivity contribution in [1.82, 2.24) is 14.4 Å². The Labute approximate surface area is 200 Å². The molecule has 0 radical (unpaired) electrons. The molecule has 0 bridgehead atoms. The van der Waals surface area contributed by atoms with Gasteiger partial charge in [-0.3, -0.25) is 14.5 Å². The molecule has 0 unspecified atom stereocenters. The Morgan fingerprint density at radius 3 is 2.50 bits per heavy atom. The second kappa shape index (κ2) is 10.2. The second-order valence-electron chi connectivity index (χ2n) is 9.35. The van der Waals surface area contributed by atoms with Gasteiger partial charge in [0.15, 0.2) is 0 Å². The lowest BCUT2D eigenvalue weighted by molar-refractivity contribution is 0.0469. The molecule has 4 rings (SSSR count). The molecular formula is C26H35N3O5. The lowest BCUT2D eigenvalue weighted by Gasteiger charge is -2.31. The molecule has 0 spiro atoms. The summed E-state index contributed by atoms with van der Waals surface area (Å²) in [6, 6.07) is 5.65. The minimum Gasteiger partial charge on any atom is -0.496 e. The Kier molecular flexibility index (Phi) is 7.28. The van der Waals surface area contributed by atoms with Crippen molar-refractivity contribution in [3.05, 3.63) is 56.5 Å². The number of aryl methyl sites for hydroxylation is 2. The average molecular weight is 470 g/mol. The molecular weight excluding hydrogens is 434 g/mol. The third kappa shape index (κ3) is 4.83. The van der Waals surface area contributed by atoms with Gasteiger partial charge in [0.2, 0.25) is 0 Å². The lowest BCUT2D eigenvalue weighted by Crippen LogP contribution is -2.43. The van der Waals surface area contributed by atoms with Crippen LogP contribution >= 0.6 is 0 Å². The summed E-state index contributed by atoms with van der Waals surface area (Å²) in [6.07, 6.45) is 1.52.